The van der Waals surface area contributed by atoms with Gasteiger partial charge in [0.15, 0.2) is 0 Å². The van der Waals surface area contributed by atoms with Crippen LogP contribution in [0.3, 0.4) is 0 Å². The number of esters is 1. The highest BCUT2D eigenvalue weighted by molar-refractivity contribution is 7.90. The number of piperidine rings is 1. The number of alkyl halides is 3. The van der Waals surface area contributed by atoms with Crippen LogP contribution >= 0.6 is 0 Å². The normalized spacial score (nSPS) is 24.9. The molecule has 1 aromatic rings. The number of anilines is 1. The fourth-order valence-electron chi connectivity index (χ4n) is 5.02. The second-order valence-electron chi connectivity index (χ2n) is 9.31. The van der Waals surface area contributed by atoms with Crippen LogP contribution in [0.4, 0.5) is 18.9 Å². The summed E-state index contributed by atoms with van der Waals surface area (Å²) < 4.78 is 67.7. The Hall–Kier alpha value is -1.85. The summed E-state index contributed by atoms with van der Waals surface area (Å²) in [5, 5.41) is 0. The van der Waals surface area contributed by atoms with Crippen molar-refractivity contribution in [3.8, 4) is 0 Å². The summed E-state index contributed by atoms with van der Waals surface area (Å²) in [6, 6.07) is 8.48. The van der Waals surface area contributed by atoms with Gasteiger partial charge in [-0.2, -0.15) is 17.5 Å². The predicted octanol–water partition coefficient (Wildman–Crippen LogP) is 2.75. The van der Waals surface area contributed by atoms with Crippen molar-refractivity contribution in [1.82, 2.24) is 9.21 Å². The molecule has 1 unspecified atom stereocenters. The van der Waals surface area contributed by atoms with Crippen LogP contribution in [0.15, 0.2) is 24.3 Å². The van der Waals surface area contributed by atoms with E-state index in [2.05, 4.69) is 41.0 Å². The number of piperazine rings is 1. The third-order valence-electron chi connectivity index (χ3n) is 7.18. The minimum absolute atomic E-state index is 0.0624. The van der Waals surface area contributed by atoms with Gasteiger partial charge in [-0.25, -0.2) is 8.42 Å². The fourth-order valence-corrected chi connectivity index (χ4v) is 5.98. The Kier molecular flexibility index (Phi) is 6.67. The van der Waals surface area contributed by atoms with E-state index in [1.165, 1.54) is 11.3 Å². The van der Waals surface area contributed by atoms with Crippen LogP contribution < -0.4 is 4.90 Å². The van der Waals surface area contributed by atoms with E-state index in [9.17, 15) is 26.4 Å². The van der Waals surface area contributed by atoms with Gasteiger partial charge in [0.1, 0.15) is 6.10 Å². The van der Waals surface area contributed by atoms with Crippen LogP contribution in [0.5, 0.6) is 0 Å². The Labute approximate surface area is 192 Å². The molecule has 33 heavy (non-hydrogen) atoms. The number of ether oxygens (including phenoxy) is 1. The fraction of sp³-hybridized carbons (Fsp3) is 0.682. The predicted molar refractivity (Wildman–Crippen MR) is 117 cm³/mol. The van der Waals surface area contributed by atoms with Crippen molar-refractivity contribution in [3.63, 3.8) is 0 Å². The molecule has 184 valence electrons. The van der Waals surface area contributed by atoms with E-state index in [4.69, 9.17) is 4.74 Å². The van der Waals surface area contributed by atoms with E-state index in [0.717, 1.165) is 32.7 Å². The van der Waals surface area contributed by atoms with Gasteiger partial charge in [-0.3, -0.25) is 9.69 Å². The average Bonchev–Trinajstić information content (AvgIpc) is 3.07. The molecule has 7 nitrogen and oxygen atoms in total. The first-order chi connectivity index (χ1) is 15.5. The van der Waals surface area contributed by atoms with Crippen LogP contribution in [0.1, 0.15) is 31.2 Å². The summed E-state index contributed by atoms with van der Waals surface area (Å²) in [4.78, 5) is 17.2. The zero-order valence-electron chi connectivity index (χ0n) is 18.7. The van der Waals surface area contributed by atoms with Gasteiger partial charge in [-0.05, 0) is 38.3 Å². The lowest BCUT2D eigenvalue weighted by atomic mass is 9.76. The lowest BCUT2D eigenvalue weighted by Crippen LogP contribution is -2.48. The maximum Gasteiger partial charge on any atom is 0.511 e. The second-order valence-corrected chi connectivity index (χ2v) is 11.2. The number of aryl methyl sites for hydroxylation is 1. The van der Waals surface area contributed by atoms with Gasteiger partial charge in [0.25, 0.3) is 0 Å². The number of benzene rings is 1. The molecule has 0 radical (unpaired) electrons. The highest BCUT2D eigenvalue weighted by atomic mass is 32.2. The SMILES string of the molecule is Cc1ccc(N2CCN(CCC3CC4(CCN(S(=O)(=O)C(F)(F)F)CC4)C(=O)O3)CC2)cc1. The van der Waals surface area contributed by atoms with Gasteiger partial charge in [-0.1, -0.05) is 17.7 Å². The summed E-state index contributed by atoms with van der Waals surface area (Å²) in [6.07, 6.45) is 0.954. The Bertz CT molecular complexity index is 952. The van der Waals surface area contributed by atoms with E-state index in [-0.39, 0.29) is 32.0 Å². The Morgan fingerprint density at radius 3 is 2.21 bits per heavy atom. The van der Waals surface area contributed by atoms with E-state index >= 15 is 0 Å². The monoisotopic (exact) mass is 489 g/mol. The Balaban J connectivity index is 1.24. The van der Waals surface area contributed by atoms with Crippen molar-refractivity contribution in [2.24, 2.45) is 5.41 Å². The number of cyclic esters (lactones) is 1. The zero-order chi connectivity index (χ0) is 23.9. The largest absolute Gasteiger partial charge is 0.511 e. The zero-order valence-corrected chi connectivity index (χ0v) is 19.5. The minimum Gasteiger partial charge on any atom is -0.462 e. The summed E-state index contributed by atoms with van der Waals surface area (Å²) in [7, 11) is -5.36. The van der Waals surface area contributed by atoms with Crippen molar-refractivity contribution in [1.29, 1.82) is 0 Å². The van der Waals surface area contributed by atoms with Crippen molar-refractivity contribution < 1.29 is 31.1 Å². The number of carbonyl (C=O) groups is 1. The molecular weight excluding hydrogens is 459 g/mol. The number of hydrogen-bond donors (Lipinski definition) is 0. The quantitative estimate of drug-likeness (QED) is 0.593. The number of sulfonamides is 1. The van der Waals surface area contributed by atoms with Crippen molar-refractivity contribution in [2.75, 3.05) is 50.7 Å². The highest BCUT2D eigenvalue weighted by Gasteiger charge is 2.55. The summed E-state index contributed by atoms with van der Waals surface area (Å²) in [5.41, 5.74) is -3.74. The van der Waals surface area contributed by atoms with Gasteiger partial charge in [0.05, 0.1) is 5.41 Å². The number of nitrogens with zero attached hydrogens (tertiary/aromatic N) is 3. The average molecular weight is 490 g/mol. The third kappa shape index (κ3) is 5.00. The van der Waals surface area contributed by atoms with Crippen molar-refractivity contribution in [3.05, 3.63) is 29.8 Å². The van der Waals surface area contributed by atoms with Gasteiger partial charge < -0.3 is 9.64 Å². The molecule has 3 heterocycles. The lowest BCUT2D eigenvalue weighted by molar-refractivity contribution is -0.150. The summed E-state index contributed by atoms with van der Waals surface area (Å²) >= 11 is 0. The molecular formula is C22H30F3N3O4S. The second kappa shape index (κ2) is 9.07. The molecule has 3 aliphatic rings. The van der Waals surface area contributed by atoms with E-state index < -0.39 is 26.9 Å². The first-order valence-electron chi connectivity index (χ1n) is 11.3. The molecule has 0 N–H and O–H groups in total. The molecule has 3 saturated heterocycles. The van der Waals surface area contributed by atoms with Crippen LogP contribution in [0.25, 0.3) is 0 Å². The highest BCUT2D eigenvalue weighted by Crippen LogP contribution is 2.45. The first kappa shape index (κ1) is 24.3. The first-order valence-corrected chi connectivity index (χ1v) is 12.8. The Morgan fingerprint density at radius 1 is 1.03 bits per heavy atom. The molecule has 0 bridgehead atoms. The van der Waals surface area contributed by atoms with Crippen LogP contribution in [-0.2, 0) is 19.6 Å². The summed E-state index contributed by atoms with van der Waals surface area (Å²) in [6.45, 7) is 5.87. The number of carbonyl (C=O) groups excluding carboxylic acids is 1. The molecule has 3 fully saturated rings. The molecule has 4 rings (SSSR count). The molecule has 1 spiro atoms. The standard InChI is InChI=1S/C22H30F3N3O4S/c1-17-2-4-18(5-3-17)27-14-12-26(13-15-27)9-6-19-16-21(20(29)32-19)7-10-28(11-8-21)33(30,31)22(23,24)25/h2-5,19H,6-16H2,1H3. The molecule has 0 saturated carbocycles. The van der Waals surface area contributed by atoms with Gasteiger partial charge >= 0.3 is 21.5 Å². The number of hydrogen-bond acceptors (Lipinski definition) is 6. The molecule has 0 aromatic heterocycles. The molecule has 3 aliphatic heterocycles. The maximum absolute atomic E-state index is 12.8. The van der Waals surface area contributed by atoms with Gasteiger partial charge in [-0.15, -0.1) is 0 Å². The van der Waals surface area contributed by atoms with Crippen molar-refractivity contribution in [2.45, 2.75) is 44.2 Å². The van der Waals surface area contributed by atoms with E-state index in [1.807, 2.05) is 0 Å². The van der Waals surface area contributed by atoms with Crippen molar-refractivity contribution >= 4 is 21.7 Å². The molecule has 1 atom stereocenters. The van der Waals surface area contributed by atoms with Crippen LogP contribution in [-0.4, -0.2) is 81.0 Å². The smallest absolute Gasteiger partial charge is 0.462 e. The van der Waals surface area contributed by atoms with Gasteiger partial charge in [0.2, 0.25) is 0 Å². The molecule has 11 heteroatoms. The third-order valence-corrected chi connectivity index (χ3v) is 8.81. The summed E-state index contributed by atoms with van der Waals surface area (Å²) in [5.74, 6) is -0.402. The van der Waals surface area contributed by atoms with Crippen LogP contribution in [0.2, 0.25) is 0 Å². The number of rotatable bonds is 5. The van der Waals surface area contributed by atoms with Gasteiger partial charge in [0, 0.05) is 57.9 Å². The molecule has 0 aliphatic carbocycles. The van der Waals surface area contributed by atoms with E-state index in [1.54, 1.807) is 0 Å². The Morgan fingerprint density at radius 2 is 1.64 bits per heavy atom. The topological polar surface area (TPSA) is 70.2 Å². The number of halogens is 3. The lowest BCUT2D eigenvalue weighted by Gasteiger charge is -2.36. The van der Waals surface area contributed by atoms with Crippen LogP contribution in [0, 0.1) is 12.3 Å². The maximum atomic E-state index is 12.8. The van der Waals surface area contributed by atoms with E-state index in [0.29, 0.717) is 17.1 Å². The molecule has 1 aromatic carbocycles. The minimum atomic E-state index is -5.36. The molecule has 0 amide bonds.